The van der Waals surface area contributed by atoms with E-state index >= 15 is 0 Å². The lowest BCUT2D eigenvalue weighted by Gasteiger charge is -2.02. The number of ether oxygens (including phenoxy) is 1. The van der Waals surface area contributed by atoms with E-state index in [1.165, 1.54) is 7.11 Å². The minimum atomic E-state index is -0.414. The SMILES string of the molecule is COC(=O)Cc1nn(-c2ccccc2)c2c1nnc1nc(-c3ccncc3)nn12. The van der Waals surface area contributed by atoms with Crippen molar-refractivity contribution in [3.8, 4) is 17.1 Å². The third kappa shape index (κ3) is 2.87. The number of hydrogen-bond donors (Lipinski definition) is 0. The highest BCUT2D eigenvalue weighted by molar-refractivity contribution is 5.82. The molecule has 1 aromatic carbocycles. The number of aromatic nitrogens is 8. The van der Waals surface area contributed by atoms with Gasteiger partial charge in [-0.3, -0.25) is 9.78 Å². The molecule has 0 N–H and O–H groups in total. The fourth-order valence-electron chi connectivity index (χ4n) is 3.04. The molecule has 0 spiro atoms. The summed E-state index contributed by atoms with van der Waals surface area (Å²) >= 11 is 0. The summed E-state index contributed by atoms with van der Waals surface area (Å²) in [7, 11) is 1.33. The summed E-state index contributed by atoms with van der Waals surface area (Å²) in [5, 5.41) is 17.7. The highest BCUT2D eigenvalue weighted by Crippen LogP contribution is 2.23. The predicted molar refractivity (Wildman–Crippen MR) is 102 cm³/mol. The number of pyridine rings is 1. The van der Waals surface area contributed by atoms with Crippen molar-refractivity contribution >= 4 is 22.9 Å². The van der Waals surface area contributed by atoms with E-state index in [0.717, 1.165) is 11.3 Å². The third-order valence-corrected chi connectivity index (χ3v) is 4.42. The summed E-state index contributed by atoms with van der Waals surface area (Å²) in [5.41, 5.74) is 3.07. The van der Waals surface area contributed by atoms with E-state index in [1.807, 2.05) is 42.5 Å². The van der Waals surface area contributed by atoms with Gasteiger partial charge >= 0.3 is 5.97 Å². The van der Waals surface area contributed by atoms with Crippen LogP contribution in [0.3, 0.4) is 0 Å². The van der Waals surface area contributed by atoms with Gasteiger partial charge in [-0.25, -0.2) is 4.68 Å². The number of rotatable bonds is 4. The highest BCUT2D eigenvalue weighted by Gasteiger charge is 2.21. The molecular formula is C19H14N8O2. The Bertz CT molecular complexity index is 1330. The highest BCUT2D eigenvalue weighted by atomic mass is 16.5. The van der Waals surface area contributed by atoms with Gasteiger partial charge in [0.15, 0.2) is 17.0 Å². The normalized spacial score (nSPS) is 11.2. The molecule has 4 heterocycles. The number of nitrogens with zero attached hydrogens (tertiary/aromatic N) is 8. The van der Waals surface area contributed by atoms with Gasteiger partial charge < -0.3 is 4.74 Å². The van der Waals surface area contributed by atoms with Gasteiger partial charge in [0, 0.05) is 18.0 Å². The van der Waals surface area contributed by atoms with E-state index in [9.17, 15) is 4.79 Å². The average molecular weight is 386 g/mol. The maximum Gasteiger partial charge on any atom is 0.311 e. The molecule has 0 unspecified atom stereocenters. The molecule has 5 aromatic rings. The quantitative estimate of drug-likeness (QED) is 0.428. The molecule has 0 aliphatic rings. The van der Waals surface area contributed by atoms with Gasteiger partial charge in [0.1, 0.15) is 5.69 Å². The van der Waals surface area contributed by atoms with Crippen LogP contribution in [-0.4, -0.2) is 52.6 Å². The lowest BCUT2D eigenvalue weighted by Crippen LogP contribution is -2.06. The van der Waals surface area contributed by atoms with Crippen LogP contribution in [-0.2, 0) is 16.0 Å². The first-order chi connectivity index (χ1) is 14.2. The van der Waals surface area contributed by atoms with Crippen molar-refractivity contribution in [1.29, 1.82) is 0 Å². The maximum absolute atomic E-state index is 11.9. The molecule has 4 aromatic heterocycles. The van der Waals surface area contributed by atoms with E-state index in [1.54, 1.807) is 21.6 Å². The van der Waals surface area contributed by atoms with Gasteiger partial charge in [0.25, 0.3) is 5.78 Å². The molecule has 0 amide bonds. The fourth-order valence-corrected chi connectivity index (χ4v) is 3.04. The van der Waals surface area contributed by atoms with Crippen molar-refractivity contribution in [2.75, 3.05) is 7.11 Å². The van der Waals surface area contributed by atoms with Crippen LogP contribution >= 0.6 is 0 Å². The van der Waals surface area contributed by atoms with E-state index < -0.39 is 5.97 Å². The first kappa shape index (κ1) is 16.9. The number of methoxy groups -OCH3 is 1. The molecular weight excluding hydrogens is 372 g/mol. The van der Waals surface area contributed by atoms with Gasteiger partial charge in [-0.15, -0.1) is 15.3 Å². The van der Waals surface area contributed by atoms with E-state index in [4.69, 9.17) is 4.74 Å². The van der Waals surface area contributed by atoms with Crippen LogP contribution in [0.25, 0.3) is 34.0 Å². The summed E-state index contributed by atoms with van der Waals surface area (Å²) in [4.78, 5) is 20.4. The van der Waals surface area contributed by atoms with Crippen LogP contribution < -0.4 is 0 Å². The van der Waals surface area contributed by atoms with Crippen molar-refractivity contribution in [2.24, 2.45) is 0 Å². The van der Waals surface area contributed by atoms with E-state index in [-0.39, 0.29) is 6.42 Å². The summed E-state index contributed by atoms with van der Waals surface area (Å²) in [5.74, 6) is 0.401. The Morgan fingerprint density at radius 1 is 1.03 bits per heavy atom. The molecule has 0 atom stereocenters. The standard InChI is InChI=1S/C19H14N8O2/c1-29-15(28)11-14-16-18(26(24-14)13-5-3-2-4-6-13)27-19(23-22-16)21-17(25-27)12-7-9-20-10-8-12/h2-10H,11H2,1H3. The Morgan fingerprint density at radius 2 is 1.83 bits per heavy atom. The van der Waals surface area contributed by atoms with Crippen LogP contribution in [0.2, 0.25) is 0 Å². The average Bonchev–Trinajstić information content (AvgIpc) is 3.36. The molecule has 0 aliphatic carbocycles. The second-order valence-corrected chi connectivity index (χ2v) is 6.20. The number of esters is 1. The van der Waals surface area contributed by atoms with Gasteiger partial charge in [0.2, 0.25) is 0 Å². The number of fused-ring (bicyclic) bond motifs is 3. The lowest BCUT2D eigenvalue weighted by atomic mass is 10.3. The van der Waals surface area contributed by atoms with Crippen LogP contribution in [0, 0.1) is 0 Å². The molecule has 10 nitrogen and oxygen atoms in total. The molecule has 29 heavy (non-hydrogen) atoms. The fraction of sp³-hybridized carbons (Fsp3) is 0.105. The maximum atomic E-state index is 11.9. The molecule has 10 heteroatoms. The summed E-state index contributed by atoms with van der Waals surface area (Å²) in [6.45, 7) is 0. The minimum Gasteiger partial charge on any atom is -0.469 e. The molecule has 0 radical (unpaired) electrons. The van der Waals surface area contributed by atoms with Crippen LogP contribution in [0.4, 0.5) is 0 Å². The molecule has 0 saturated carbocycles. The summed E-state index contributed by atoms with van der Waals surface area (Å²) < 4.78 is 8.05. The van der Waals surface area contributed by atoms with E-state index in [2.05, 4.69) is 30.4 Å². The Hall–Kier alpha value is -4.21. The molecule has 0 fully saturated rings. The molecule has 0 bridgehead atoms. The summed E-state index contributed by atoms with van der Waals surface area (Å²) in [6.07, 6.45) is 3.31. The zero-order chi connectivity index (χ0) is 19.8. The van der Waals surface area contributed by atoms with Crippen molar-refractivity contribution in [3.05, 3.63) is 60.6 Å². The second kappa shape index (κ2) is 6.75. The zero-order valence-electron chi connectivity index (χ0n) is 15.3. The lowest BCUT2D eigenvalue weighted by molar-refractivity contribution is -0.139. The van der Waals surface area contributed by atoms with Gasteiger partial charge in [0.05, 0.1) is 19.2 Å². The zero-order valence-corrected chi connectivity index (χ0v) is 15.3. The van der Waals surface area contributed by atoms with Gasteiger partial charge in [-0.2, -0.15) is 14.6 Å². The number of carbonyl (C=O) groups is 1. The topological polar surface area (TPSA) is 113 Å². The molecule has 5 rings (SSSR count). The summed E-state index contributed by atoms with van der Waals surface area (Å²) in [6, 6.07) is 13.2. The predicted octanol–water partition coefficient (Wildman–Crippen LogP) is 1.64. The third-order valence-electron chi connectivity index (χ3n) is 4.42. The number of para-hydroxylation sites is 1. The molecule has 0 aliphatic heterocycles. The molecule has 142 valence electrons. The number of hydrogen-bond acceptors (Lipinski definition) is 8. The Balaban J connectivity index is 1.79. The molecule has 0 saturated heterocycles. The number of benzene rings is 1. The van der Waals surface area contributed by atoms with Crippen molar-refractivity contribution in [3.63, 3.8) is 0 Å². The van der Waals surface area contributed by atoms with Crippen molar-refractivity contribution < 1.29 is 9.53 Å². The van der Waals surface area contributed by atoms with Crippen LogP contribution in [0.15, 0.2) is 54.9 Å². The Labute approximate surface area is 163 Å². The number of carbonyl (C=O) groups excluding carboxylic acids is 1. The first-order valence-corrected chi connectivity index (χ1v) is 8.78. The first-order valence-electron chi connectivity index (χ1n) is 8.78. The van der Waals surface area contributed by atoms with Crippen molar-refractivity contribution in [2.45, 2.75) is 6.42 Å². The van der Waals surface area contributed by atoms with Crippen molar-refractivity contribution in [1.82, 2.24) is 39.6 Å². The van der Waals surface area contributed by atoms with Crippen LogP contribution in [0.1, 0.15) is 5.69 Å². The van der Waals surface area contributed by atoms with Gasteiger partial charge in [-0.05, 0) is 24.3 Å². The largest absolute Gasteiger partial charge is 0.469 e. The monoisotopic (exact) mass is 386 g/mol. The second-order valence-electron chi connectivity index (χ2n) is 6.20. The van der Waals surface area contributed by atoms with Gasteiger partial charge in [-0.1, -0.05) is 18.2 Å². The minimum absolute atomic E-state index is 0.0288. The van der Waals surface area contributed by atoms with Crippen LogP contribution in [0.5, 0.6) is 0 Å². The smallest absolute Gasteiger partial charge is 0.311 e. The Morgan fingerprint density at radius 3 is 2.59 bits per heavy atom. The van der Waals surface area contributed by atoms with E-state index in [0.29, 0.717) is 28.5 Å². The Kier molecular flexibility index (Phi) is 3.94.